The SMILES string of the molecule is O=C(O)Cc1ccc(NC(=O)c2cccc(-c3cc(Cl)cc(Cl)c3)c2)cc1. The topological polar surface area (TPSA) is 66.4 Å². The van der Waals surface area contributed by atoms with Gasteiger partial charge in [0.1, 0.15) is 0 Å². The predicted octanol–water partition coefficient (Wildman–Crippen LogP) is 5.54. The van der Waals surface area contributed by atoms with Crippen molar-refractivity contribution in [2.45, 2.75) is 6.42 Å². The predicted molar refractivity (Wildman–Crippen MR) is 108 cm³/mol. The van der Waals surface area contributed by atoms with Gasteiger partial charge in [0.15, 0.2) is 0 Å². The van der Waals surface area contributed by atoms with Gasteiger partial charge in [-0.05, 0) is 59.2 Å². The molecular formula is C21H15Cl2NO3. The maximum atomic E-state index is 12.5. The van der Waals surface area contributed by atoms with Crippen LogP contribution in [0.5, 0.6) is 0 Å². The largest absolute Gasteiger partial charge is 0.481 e. The summed E-state index contributed by atoms with van der Waals surface area (Å²) in [6.07, 6.45) is -0.0571. The summed E-state index contributed by atoms with van der Waals surface area (Å²) in [6, 6.07) is 19.1. The quantitative estimate of drug-likeness (QED) is 0.591. The van der Waals surface area contributed by atoms with Crippen LogP contribution < -0.4 is 5.32 Å². The van der Waals surface area contributed by atoms with Crippen molar-refractivity contribution in [1.82, 2.24) is 0 Å². The average Bonchev–Trinajstić information content (AvgIpc) is 2.62. The molecule has 0 radical (unpaired) electrons. The molecule has 0 aliphatic rings. The Morgan fingerprint density at radius 3 is 2.15 bits per heavy atom. The Hall–Kier alpha value is -2.82. The van der Waals surface area contributed by atoms with Crippen LogP contribution in [0.25, 0.3) is 11.1 Å². The second kappa shape index (κ2) is 8.25. The molecule has 0 aliphatic heterocycles. The smallest absolute Gasteiger partial charge is 0.307 e. The zero-order chi connectivity index (χ0) is 19.4. The van der Waals surface area contributed by atoms with Crippen LogP contribution in [0, 0.1) is 0 Å². The number of benzene rings is 3. The third-order valence-corrected chi connectivity index (χ3v) is 4.32. The molecule has 0 saturated heterocycles. The lowest BCUT2D eigenvalue weighted by Crippen LogP contribution is -2.12. The zero-order valence-electron chi connectivity index (χ0n) is 14.1. The molecule has 27 heavy (non-hydrogen) atoms. The van der Waals surface area contributed by atoms with E-state index in [1.54, 1.807) is 60.7 Å². The molecule has 136 valence electrons. The number of nitrogens with one attached hydrogen (secondary N) is 1. The molecule has 2 N–H and O–H groups in total. The molecule has 0 spiro atoms. The van der Waals surface area contributed by atoms with E-state index >= 15 is 0 Å². The highest BCUT2D eigenvalue weighted by Crippen LogP contribution is 2.28. The van der Waals surface area contributed by atoms with E-state index in [0.717, 1.165) is 11.1 Å². The number of carboxylic acid groups (broad SMARTS) is 1. The molecular weight excluding hydrogens is 385 g/mol. The average molecular weight is 400 g/mol. The molecule has 0 aliphatic carbocycles. The van der Waals surface area contributed by atoms with E-state index in [2.05, 4.69) is 5.32 Å². The molecule has 3 aromatic carbocycles. The summed E-state index contributed by atoms with van der Waals surface area (Å²) >= 11 is 12.1. The summed E-state index contributed by atoms with van der Waals surface area (Å²) in [7, 11) is 0. The summed E-state index contributed by atoms with van der Waals surface area (Å²) in [4.78, 5) is 23.3. The van der Waals surface area contributed by atoms with Gasteiger partial charge in [-0.25, -0.2) is 0 Å². The van der Waals surface area contributed by atoms with Gasteiger partial charge in [0, 0.05) is 21.3 Å². The molecule has 6 heteroatoms. The van der Waals surface area contributed by atoms with Crippen molar-refractivity contribution < 1.29 is 14.7 Å². The Bertz CT molecular complexity index is 980. The van der Waals surface area contributed by atoms with Crippen LogP contribution in [0.1, 0.15) is 15.9 Å². The van der Waals surface area contributed by atoms with Crippen LogP contribution in [0.3, 0.4) is 0 Å². The van der Waals surface area contributed by atoms with Crippen molar-refractivity contribution in [2.75, 3.05) is 5.32 Å². The Balaban J connectivity index is 1.78. The first-order valence-corrected chi connectivity index (χ1v) is 8.85. The molecule has 0 unspecified atom stereocenters. The Labute approximate surface area is 166 Å². The summed E-state index contributed by atoms with van der Waals surface area (Å²) in [5, 5.41) is 12.6. The fraction of sp³-hybridized carbons (Fsp3) is 0.0476. The summed E-state index contributed by atoms with van der Waals surface area (Å²) in [5.74, 6) is -1.17. The Kier molecular flexibility index (Phi) is 5.79. The van der Waals surface area contributed by atoms with E-state index in [1.165, 1.54) is 0 Å². The van der Waals surface area contributed by atoms with Crippen LogP contribution in [0.2, 0.25) is 10.0 Å². The third-order valence-electron chi connectivity index (χ3n) is 3.89. The van der Waals surface area contributed by atoms with Crippen LogP contribution in [-0.4, -0.2) is 17.0 Å². The standard InChI is InChI=1S/C21H15Cl2NO3/c22-17-10-16(11-18(23)12-17)14-2-1-3-15(9-14)21(27)24-19-6-4-13(5-7-19)8-20(25)26/h1-7,9-12H,8H2,(H,24,27)(H,25,26). The van der Waals surface area contributed by atoms with E-state index in [1.807, 2.05) is 6.07 Å². The highest BCUT2D eigenvalue weighted by Gasteiger charge is 2.09. The number of hydrogen-bond acceptors (Lipinski definition) is 2. The highest BCUT2D eigenvalue weighted by molar-refractivity contribution is 6.35. The second-order valence-corrected chi connectivity index (χ2v) is 6.83. The molecule has 0 bridgehead atoms. The first-order chi connectivity index (χ1) is 12.9. The minimum Gasteiger partial charge on any atom is -0.481 e. The lowest BCUT2D eigenvalue weighted by atomic mass is 10.0. The molecule has 3 aromatic rings. The number of hydrogen-bond donors (Lipinski definition) is 2. The van der Waals surface area contributed by atoms with Gasteiger partial charge in [0.25, 0.3) is 5.91 Å². The van der Waals surface area contributed by atoms with Crippen molar-refractivity contribution in [2.24, 2.45) is 0 Å². The van der Waals surface area contributed by atoms with E-state index < -0.39 is 5.97 Å². The number of carbonyl (C=O) groups excluding carboxylic acids is 1. The van der Waals surface area contributed by atoms with Crippen molar-refractivity contribution >= 4 is 40.8 Å². The van der Waals surface area contributed by atoms with Gasteiger partial charge >= 0.3 is 5.97 Å². The molecule has 3 rings (SSSR count). The Morgan fingerprint density at radius 2 is 1.52 bits per heavy atom. The van der Waals surface area contributed by atoms with Gasteiger partial charge in [-0.2, -0.15) is 0 Å². The fourth-order valence-corrected chi connectivity index (χ4v) is 3.17. The minimum absolute atomic E-state index is 0.0571. The number of carboxylic acids is 1. The van der Waals surface area contributed by atoms with Gasteiger partial charge in [0.2, 0.25) is 0 Å². The molecule has 1 amide bonds. The van der Waals surface area contributed by atoms with Gasteiger partial charge in [-0.3, -0.25) is 9.59 Å². The number of carbonyl (C=O) groups is 2. The van der Waals surface area contributed by atoms with E-state index in [4.69, 9.17) is 28.3 Å². The number of aliphatic carboxylic acids is 1. The summed E-state index contributed by atoms with van der Waals surface area (Å²) in [5.41, 5.74) is 3.38. The minimum atomic E-state index is -0.898. The van der Waals surface area contributed by atoms with Crippen molar-refractivity contribution in [3.05, 3.63) is 87.9 Å². The number of halogens is 2. The van der Waals surface area contributed by atoms with E-state index in [9.17, 15) is 9.59 Å². The maximum Gasteiger partial charge on any atom is 0.307 e. The summed E-state index contributed by atoms with van der Waals surface area (Å²) in [6.45, 7) is 0. The van der Waals surface area contributed by atoms with Crippen LogP contribution in [-0.2, 0) is 11.2 Å². The first kappa shape index (κ1) is 19.0. The number of anilines is 1. The van der Waals surface area contributed by atoms with Crippen LogP contribution in [0.4, 0.5) is 5.69 Å². The van der Waals surface area contributed by atoms with Crippen LogP contribution in [0.15, 0.2) is 66.7 Å². The normalized spacial score (nSPS) is 10.4. The highest BCUT2D eigenvalue weighted by atomic mass is 35.5. The molecule has 0 atom stereocenters. The monoisotopic (exact) mass is 399 g/mol. The lowest BCUT2D eigenvalue weighted by molar-refractivity contribution is -0.136. The van der Waals surface area contributed by atoms with Crippen molar-refractivity contribution in [1.29, 1.82) is 0 Å². The van der Waals surface area contributed by atoms with E-state index in [0.29, 0.717) is 26.9 Å². The zero-order valence-corrected chi connectivity index (χ0v) is 15.6. The first-order valence-electron chi connectivity index (χ1n) is 8.09. The van der Waals surface area contributed by atoms with Gasteiger partial charge in [0.05, 0.1) is 6.42 Å². The second-order valence-electron chi connectivity index (χ2n) is 5.96. The Morgan fingerprint density at radius 1 is 0.852 bits per heavy atom. The molecule has 4 nitrogen and oxygen atoms in total. The molecule has 0 heterocycles. The van der Waals surface area contributed by atoms with Gasteiger partial charge in [-0.15, -0.1) is 0 Å². The van der Waals surface area contributed by atoms with Crippen molar-refractivity contribution in [3.8, 4) is 11.1 Å². The molecule has 0 fully saturated rings. The molecule has 0 saturated carbocycles. The summed E-state index contributed by atoms with van der Waals surface area (Å²) < 4.78 is 0. The van der Waals surface area contributed by atoms with Gasteiger partial charge < -0.3 is 10.4 Å². The third kappa shape index (κ3) is 5.09. The van der Waals surface area contributed by atoms with Crippen LogP contribution >= 0.6 is 23.2 Å². The maximum absolute atomic E-state index is 12.5. The van der Waals surface area contributed by atoms with E-state index in [-0.39, 0.29) is 12.3 Å². The lowest BCUT2D eigenvalue weighted by Gasteiger charge is -2.09. The van der Waals surface area contributed by atoms with Crippen molar-refractivity contribution in [3.63, 3.8) is 0 Å². The van der Waals surface area contributed by atoms with Gasteiger partial charge in [-0.1, -0.05) is 47.5 Å². The fourth-order valence-electron chi connectivity index (χ4n) is 2.64. The number of rotatable bonds is 5. The molecule has 0 aromatic heterocycles. The number of amides is 1.